The molecule has 2 nitrogen and oxygen atoms in total. The molecule has 0 saturated heterocycles. The first-order valence-electron chi connectivity index (χ1n) is 5.45. The zero-order valence-corrected chi connectivity index (χ0v) is 9.25. The fourth-order valence-electron chi connectivity index (χ4n) is 1.84. The Hall–Kier alpha value is -1.31. The quantitative estimate of drug-likeness (QED) is 0.546. The van der Waals surface area contributed by atoms with E-state index in [1.165, 1.54) is 0 Å². The molecule has 1 aromatic rings. The van der Waals surface area contributed by atoms with Crippen molar-refractivity contribution in [3.63, 3.8) is 0 Å². The molecule has 0 heterocycles. The molecule has 1 aliphatic carbocycles. The van der Waals surface area contributed by atoms with Gasteiger partial charge in [0.15, 0.2) is 0 Å². The smallest absolute Gasteiger partial charge is 0.314 e. The van der Waals surface area contributed by atoms with E-state index in [0.29, 0.717) is 5.75 Å². The second-order valence-electron chi connectivity index (χ2n) is 4.37. The van der Waals surface area contributed by atoms with Crippen molar-refractivity contribution >= 4 is 5.97 Å². The zero-order chi connectivity index (χ0) is 10.8. The molecule has 1 fully saturated rings. The number of rotatable bonds is 2. The minimum atomic E-state index is -0.0637. The lowest BCUT2D eigenvalue weighted by Crippen LogP contribution is -2.26. The van der Waals surface area contributed by atoms with Crippen LogP contribution < -0.4 is 4.74 Å². The molecule has 2 heteroatoms. The van der Waals surface area contributed by atoms with E-state index in [-0.39, 0.29) is 11.9 Å². The molecule has 1 aliphatic rings. The Kier molecular flexibility index (Phi) is 2.76. The average Bonchev–Trinajstić information content (AvgIpc) is 1.96. The highest BCUT2D eigenvalue weighted by Gasteiger charge is 2.27. The van der Waals surface area contributed by atoms with Crippen LogP contribution in [0.1, 0.15) is 30.4 Å². The zero-order valence-electron chi connectivity index (χ0n) is 9.25. The maximum Gasteiger partial charge on any atom is 0.314 e. The molecular weight excluding hydrogens is 188 g/mol. The Morgan fingerprint density at radius 1 is 1.20 bits per heavy atom. The predicted molar refractivity (Wildman–Crippen MR) is 58.9 cm³/mol. The van der Waals surface area contributed by atoms with Crippen LogP contribution in [-0.2, 0) is 4.79 Å². The number of hydrogen-bond donors (Lipinski definition) is 0. The van der Waals surface area contributed by atoms with Gasteiger partial charge in [-0.3, -0.25) is 4.79 Å². The third kappa shape index (κ3) is 2.38. The van der Waals surface area contributed by atoms with Crippen LogP contribution in [0.25, 0.3) is 0 Å². The monoisotopic (exact) mass is 204 g/mol. The lowest BCUT2D eigenvalue weighted by molar-refractivity contribution is -0.141. The Balaban J connectivity index is 2.06. The fourth-order valence-corrected chi connectivity index (χ4v) is 1.84. The first-order valence-corrected chi connectivity index (χ1v) is 5.45. The van der Waals surface area contributed by atoms with Crippen molar-refractivity contribution in [3.8, 4) is 5.75 Å². The van der Waals surface area contributed by atoms with Gasteiger partial charge in [-0.2, -0.15) is 0 Å². The Morgan fingerprint density at radius 3 is 2.27 bits per heavy atom. The minimum Gasteiger partial charge on any atom is -0.426 e. The van der Waals surface area contributed by atoms with Gasteiger partial charge in [-0.05, 0) is 49.9 Å². The predicted octanol–water partition coefficient (Wildman–Crippen LogP) is 3.01. The number of ether oxygens (including phenoxy) is 1. The number of carbonyl (C=O) groups is 1. The first kappa shape index (κ1) is 10.2. The molecule has 0 spiro atoms. The second kappa shape index (κ2) is 4.05. The highest BCUT2D eigenvalue weighted by atomic mass is 16.5. The Labute approximate surface area is 90.3 Å². The molecule has 80 valence electrons. The van der Waals surface area contributed by atoms with E-state index < -0.39 is 0 Å². The van der Waals surface area contributed by atoms with Crippen molar-refractivity contribution in [2.24, 2.45) is 5.92 Å². The summed E-state index contributed by atoms with van der Waals surface area (Å²) in [6.07, 6.45) is 3.14. The van der Waals surface area contributed by atoms with Crippen LogP contribution >= 0.6 is 0 Å². The summed E-state index contributed by atoms with van der Waals surface area (Å²) in [6.45, 7) is 4.02. The molecule has 2 rings (SSSR count). The van der Waals surface area contributed by atoms with Crippen LogP contribution in [0.5, 0.6) is 5.75 Å². The van der Waals surface area contributed by atoms with Gasteiger partial charge in [0.2, 0.25) is 0 Å². The molecule has 0 amide bonds. The summed E-state index contributed by atoms with van der Waals surface area (Å²) in [5, 5.41) is 0. The van der Waals surface area contributed by atoms with Crippen LogP contribution in [0.15, 0.2) is 18.2 Å². The topological polar surface area (TPSA) is 26.3 Å². The van der Waals surface area contributed by atoms with Crippen LogP contribution in [-0.4, -0.2) is 5.97 Å². The minimum absolute atomic E-state index is 0.0637. The van der Waals surface area contributed by atoms with Crippen molar-refractivity contribution in [1.29, 1.82) is 0 Å². The number of hydrogen-bond acceptors (Lipinski definition) is 2. The molecule has 1 saturated carbocycles. The number of benzene rings is 1. The molecule has 1 aromatic carbocycles. The molecule has 0 aliphatic heterocycles. The van der Waals surface area contributed by atoms with Gasteiger partial charge >= 0.3 is 5.97 Å². The lowest BCUT2D eigenvalue weighted by atomic mass is 9.86. The molecule has 0 unspecified atom stereocenters. The molecule has 0 radical (unpaired) electrons. The Bertz CT molecular complexity index is 358. The average molecular weight is 204 g/mol. The highest BCUT2D eigenvalue weighted by molar-refractivity contribution is 5.76. The summed E-state index contributed by atoms with van der Waals surface area (Å²) < 4.78 is 5.34. The van der Waals surface area contributed by atoms with Gasteiger partial charge in [0.1, 0.15) is 5.75 Å². The first-order chi connectivity index (χ1) is 7.15. The maximum atomic E-state index is 11.6. The van der Waals surface area contributed by atoms with Gasteiger partial charge in [0, 0.05) is 0 Å². The van der Waals surface area contributed by atoms with Crippen molar-refractivity contribution in [1.82, 2.24) is 0 Å². The molecule has 0 N–H and O–H groups in total. The van der Waals surface area contributed by atoms with Gasteiger partial charge in [-0.15, -0.1) is 0 Å². The van der Waals surface area contributed by atoms with Crippen molar-refractivity contribution < 1.29 is 9.53 Å². The van der Waals surface area contributed by atoms with Gasteiger partial charge in [0.05, 0.1) is 5.92 Å². The van der Waals surface area contributed by atoms with Crippen LogP contribution in [0.3, 0.4) is 0 Å². The Morgan fingerprint density at radius 2 is 1.80 bits per heavy atom. The number of carbonyl (C=O) groups excluding carboxylic acids is 1. The van der Waals surface area contributed by atoms with E-state index in [4.69, 9.17) is 4.74 Å². The standard InChI is InChI=1S/C13H16O2/c1-9-6-10(2)8-12(7-9)15-13(14)11-4-3-5-11/h6-8,11H,3-5H2,1-2H3. The number of aryl methyl sites for hydroxylation is 2. The van der Waals surface area contributed by atoms with E-state index in [1.807, 2.05) is 26.0 Å². The molecule has 15 heavy (non-hydrogen) atoms. The van der Waals surface area contributed by atoms with Gasteiger partial charge in [-0.25, -0.2) is 0 Å². The van der Waals surface area contributed by atoms with Gasteiger partial charge in [0.25, 0.3) is 0 Å². The van der Waals surface area contributed by atoms with Crippen LogP contribution in [0.2, 0.25) is 0 Å². The normalized spacial score (nSPS) is 15.9. The summed E-state index contributed by atoms with van der Waals surface area (Å²) in [4.78, 5) is 11.6. The summed E-state index contributed by atoms with van der Waals surface area (Å²) in [7, 11) is 0. The van der Waals surface area contributed by atoms with Crippen molar-refractivity contribution in [2.75, 3.05) is 0 Å². The van der Waals surface area contributed by atoms with Crippen molar-refractivity contribution in [3.05, 3.63) is 29.3 Å². The maximum absolute atomic E-state index is 11.6. The fraction of sp³-hybridized carbons (Fsp3) is 0.462. The third-order valence-electron chi connectivity index (χ3n) is 2.85. The largest absolute Gasteiger partial charge is 0.426 e. The van der Waals surface area contributed by atoms with E-state index in [9.17, 15) is 4.79 Å². The summed E-state index contributed by atoms with van der Waals surface area (Å²) in [5.41, 5.74) is 2.26. The molecule has 0 bridgehead atoms. The van der Waals surface area contributed by atoms with Gasteiger partial charge in [-0.1, -0.05) is 12.5 Å². The molecule has 0 aromatic heterocycles. The van der Waals surface area contributed by atoms with E-state index in [2.05, 4.69) is 6.07 Å². The molecule has 0 atom stereocenters. The van der Waals surface area contributed by atoms with E-state index >= 15 is 0 Å². The van der Waals surface area contributed by atoms with Crippen LogP contribution in [0, 0.1) is 19.8 Å². The summed E-state index contributed by atoms with van der Waals surface area (Å²) in [5.74, 6) is 0.765. The third-order valence-corrected chi connectivity index (χ3v) is 2.85. The molecular formula is C13H16O2. The van der Waals surface area contributed by atoms with Crippen LogP contribution in [0.4, 0.5) is 0 Å². The summed E-state index contributed by atoms with van der Waals surface area (Å²) in [6, 6.07) is 5.88. The van der Waals surface area contributed by atoms with E-state index in [0.717, 1.165) is 30.4 Å². The summed E-state index contributed by atoms with van der Waals surface area (Å²) >= 11 is 0. The second-order valence-corrected chi connectivity index (χ2v) is 4.37. The van der Waals surface area contributed by atoms with Gasteiger partial charge < -0.3 is 4.74 Å². The number of esters is 1. The van der Waals surface area contributed by atoms with E-state index in [1.54, 1.807) is 0 Å². The van der Waals surface area contributed by atoms with Crippen molar-refractivity contribution in [2.45, 2.75) is 33.1 Å². The highest BCUT2D eigenvalue weighted by Crippen LogP contribution is 2.28. The lowest BCUT2D eigenvalue weighted by Gasteiger charge is -2.23. The SMILES string of the molecule is Cc1cc(C)cc(OC(=O)C2CCC2)c1.